The summed E-state index contributed by atoms with van der Waals surface area (Å²) in [6.07, 6.45) is 10.0. The number of H-pyrrole nitrogens is 1. The third-order valence-electron chi connectivity index (χ3n) is 7.78. The summed E-state index contributed by atoms with van der Waals surface area (Å²) < 4.78 is 27.0. The Morgan fingerprint density at radius 2 is 2.00 bits per heavy atom. The van der Waals surface area contributed by atoms with Gasteiger partial charge in [0.25, 0.3) is 0 Å². The van der Waals surface area contributed by atoms with Gasteiger partial charge in [0.2, 0.25) is 0 Å². The number of hydrogen-bond acceptors (Lipinski definition) is 4. The van der Waals surface area contributed by atoms with Crippen molar-refractivity contribution in [3.05, 3.63) is 64.7 Å². The quantitative estimate of drug-likeness (QED) is 0.343. The van der Waals surface area contributed by atoms with Crippen LogP contribution in [0.15, 0.2) is 36.5 Å². The number of carboxylic acids is 1. The highest BCUT2D eigenvalue weighted by molar-refractivity contribution is 5.92. The molecule has 1 saturated heterocycles. The highest BCUT2D eigenvalue weighted by Gasteiger charge is 2.26. The molecule has 1 saturated carbocycles. The van der Waals surface area contributed by atoms with Crippen LogP contribution in [0.5, 0.6) is 0 Å². The summed E-state index contributed by atoms with van der Waals surface area (Å²) >= 11 is 0. The summed E-state index contributed by atoms with van der Waals surface area (Å²) in [6, 6.07) is 9.21. The number of fused-ring (bicyclic) bond motifs is 1. The van der Waals surface area contributed by atoms with E-state index in [1.54, 1.807) is 12.1 Å². The fourth-order valence-electron chi connectivity index (χ4n) is 5.71. The van der Waals surface area contributed by atoms with Crippen LogP contribution in [0.25, 0.3) is 11.0 Å². The standard InChI is InChI=1S/C29H35FN2O4/c1-18(17-36-27-8-4-5-11-35-27)23-10-9-20(14-25(23)30)24(12-19-6-2-3-7-19)26-15-21-13-22(29(33)34)16-31-28(21)32-26/h9-10,13-16,18-19,24,27H,2-8,11-12,17H2,1H3,(H,31,32)(H,33,34). The molecule has 3 heterocycles. The van der Waals surface area contributed by atoms with Gasteiger partial charge in [0, 0.05) is 35.7 Å². The number of rotatable bonds is 9. The van der Waals surface area contributed by atoms with E-state index < -0.39 is 5.97 Å². The largest absolute Gasteiger partial charge is 0.478 e. The van der Waals surface area contributed by atoms with Crippen LogP contribution in [0, 0.1) is 11.7 Å². The molecule has 3 aromatic rings. The van der Waals surface area contributed by atoms with Gasteiger partial charge in [-0.1, -0.05) is 44.7 Å². The molecule has 2 aliphatic rings. The number of hydrogen-bond donors (Lipinski definition) is 2. The minimum atomic E-state index is -1.000. The molecule has 3 unspecified atom stereocenters. The normalized spacial score (nSPS) is 20.6. The zero-order valence-corrected chi connectivity index (χ0v) is 20.8. The molecular formula is C29H35FN2O4. The lowest BCUT2D eigenvalue weighted by Gasteiger charge is -2.25. The van der Waals surface area contributed by atoms with E-state index in [0.717, 1.165) is 48.9 Å². The van der Waals surface area contributed by atoms with E-state index in [-0.39, 0.29) is 29.5 Å². The second kappa shape index (κ2) is 11.1. The molecule has 0 amide bonds. The van der Waals surface area contributed by atoms with Crippen LogP contribution in [0.4, 0.5) is 4.39 Å². The molecule has 7 heteroatoms. The van der Waals surface area contributed by atoms with Crippen LogP contribution < -0.4 is 0 Å². The maximum atomic E-state index is 15.4. The van der Waals surface area contributed by atoms with Gasteiger partial charge in [-0.15, -0.1) is 0 Å². The number of aromatic carboxylic acids is 1. The highest BCUT2D eigenvalue weighted by atomic mass is 19.1. The van der Waals surface area contributed by atoms with Crippen molar-refractivity contribution >= 4 is 17.0 Å². The Morgan fingerprint density at radius 3 is 2.72 bits per heavy atom. The van der Waals surface area contributed by atoms with Crippen molar-refractivity contribution in [1.82, 2.24) is 9.97 Å². The molecule has 1 aliphatic heterocycles. The summed E-state index contributed by atoms with van der Waals surface area (Å²) in [5.41, 5.74) is 3.34. The monoisotopic (exact) mass is 494 g/mol. The van der Waals surface area contributed by atoms with E-state index in [2.05, 4.69) is 9.97 Å². The zero-order valence-electron chi connectivity index (χ0n) is 20.8. The van der Waals surface area contributed by atoms with Crippen molar-refractivity contribution in [2.24, 2.45) is 5.92 Å². The first-order chi connectivity index (χ1) is 17.5. The van der Waals surface area contributed by atoms with Gasteiger partial charge in [-0.05, 0) is 60.9 Å². The first-order valence-corrected chi connectivity index (χ1v) is 13.2. The number of carbonyl (C=O) groups is 1. The molecule has 1 aliphatic carbocycles. The van der Waals surface area contributed by atoms with Crippen LogP contribution in [0.3, 0.4) is 0 Å². The van der Waals surface area contributed by atoms with Crippen molar-refractivity contribution in [2.75, 3.05) is 13.2 Å². The topological polar surface area (TPSA) is 84.4 Å². The fraction of sp³-hybridized carbons (Fsp3) is 0.517. The van der Waals surface area contributed by atoms with E-state index in [1.807, 2.05) is 25.1 Å². The van der Waals surface area contributed by atoms with Crippen molar-refractivity contribution in [3.63, 3.8) is 0 Å². The van der Waals surface area contributed by atoms with E-state index in [9.17, 15) is 9.90 Å². The van der Waals surface area contributed by atoms with Gasteiger partial charge in [-0.3, -0.25) is 0 Å². The number of ether oxygens (including phenoxy) is 2. The Morgan fingerprint density at radius 1 is 1.19 bits per heavy atom. The Labute approximate surface area is 211 Å². The average Bonchev–Trinajstić information content (AvgIpc) is 3.55. The molecule has 192 valence electrons. The summed E-state index contributed by atoms with van der Waals surface area (Å²) in [6.45, 7) is 3.14. The van der Waals surface area contributed by atoms with Crippen molar-refractivity contribution in [2.45, 2.75) is 76.4 Å². The first kappa shape index (κ1) is 24.9. The lowest BCUT2D eigenvalue weighted by Crippen LogP contribution is -2.24. The van der Waals surface area contributed by atoms with Gasteiger partial charge >= 0.3 is 5.97 Å². The summed E-state index contributed by atoms with van der Waals surface area (Å²) in [4.78, 5) is 19.1. The fourth-order valence-corrected chi connectivity index (χ4v) is 5.71. The third kappa shape index (κ3) is 5.62. The van der Waals surface area contributed by atoms with Gasteiger partial charge < -0.3 is 19.6 Å². The lowest BCUT2D eigenvalue weighted by atomic mass is 9.84. The number of nitrogens with one attached hydrogen (secondary N) is 1. The molecule has 2 fully saturated rings. The summed E-state index contributed by atoms with van der Waals surface area (Å²) in [5.74, 6) is -0.715. The predicted molar refractivity (Wildman–Crippen MR) is 136 cm³/mol. The van der Waals surface area contributed by atoms with Crippen LogP contribution in [-0.4, -0.2) is 40.5 Å². The Balaban J connectivity index is 1.39. The lowest BCUT2D eigenvalue weighted by molar-refractivity contribution is -0.164. The number of benzene rings is 1. The molecular weight excluding hydrogens is 459 g/mol. The van der Waals surface area contributed by atoms with Gasteiger partial charge in [0.15, 0.2) is 6.29 Å². The molecule has 2 N–H and O–H groups in total. The molecule has 0 spiro atoms. The van der Waals surface area contributed by atoms with Crippen molar-refractivity contribution in [3.8, 4) is 0 Å². The molecule has 3 atom stereocenters. The third-order valence-corrected chi connectivity index (χ3v) is 7.78. The van der Waals surface area contributed by atoms with Gasteiger partial charge in [-0.25, -0.2) is 14.2 Å². The minimum Gasteiger partial charge on any atom is -0.478 e. The van der Waals surface area contributed by atoms with E-state index in [0.29, 0.717) is 23.7 Å². The van der Waals surface area contributed by atoms with Gasteiger partial charge in [0.05, 0.1) is 12.2 Å². The first-order valence-electron chi connectivity index (χ1n) is 13.2. The maximum Gasteiger partial charge on any atom is 0.337 e. The molecule has 0 radical (unpaired) electrons. The SMILES string of the molecule is CC(COC1CCCCO1)c1ccc(C(CC2CCCC2)c2cc3cc(C(=O)O)cnc3[nH]2)cc1F. The minimum absolute atomic E-state index is 0.0127. The van der Waals surface area contributed by atoms with E-state index in [4.69, 9.17) is 9.47 Å². The van der Waals surface area contributed by atoms with Crippen LogP contribution in [0.2, 0.25) is 0 Å². The van der Waals surface area contributed by atoms with Crippen molar-refractivity contribution < 1.29 is 23.8 Å². The van der Waals surface area contributed by atoms with Gasteiger partial charge in [0.1, 0.15) is 11.5 Å². The van der Waals surface area contributed by atoms with Crippen molar-refractivity contribution in [1.29, 1.82) is 0 Å². The van der Waals surface area contributed by atoms with Crippen LogP contribution in [0.1, 0.15) is 97.3 Å². The molecule has 36 heavy (non-hydrogen) atoms. The number of aromatic amines is 1. The Hall–Kier alpha value is -2.77. The highest BCUT2D eigenvalue weighted by Crippen LogP contribution is 2.39. The molecule has 2 aromatic heterocycles. The number of aromatic nitrogens is 2. The number of nitrogens with zero attached hydrogens (tertiary/aromatic N) is 1. The maximum absolute atomic E-state index is 15.4. The van der Waals surface area contributed by atoms with E-state index >= 15 is 4.39 Å². The number of halogens is 1. The Kier molecular flexibility index (Phi) is 7.67. The summed E-state index contributed by atoms with van der Waals surface area (Å²) in [7, 11) is 0. The second-order valence-electron chi connectivity index (χ2n) is 10.4. The van der Waals surface area contributed by atoms with Crippen LogP contribution >= 0.6 is 0 Å². The Bertz CT molecular complexity index is 1200. The zero-order chi connectivity index (χ0) is 25.1. The van der Waals surface area contributed by atoms with Crippen LogP contribution in [-0.2, 0) is 9.47 Å². The average molecular weight is 495 g/mol. The second-order valence-corrected chi connectivity index (χ2v) is 10.4. The van der Waals surface area contributed by atoms with Gasteiger partial charge in [-0.2, -0.15) is 0 Å². The van der Waals surface area contributed by atoms with E-state index in [1.165, 1.54) is 31.9 Å². The predicted octanol–water partition coefficient (Wildman–Crippen LogP) is 6.76. The molecule has 5 rings (SSSR count). The summed E-state index contributed by atoms with van der Waals surface area (Å²) in [5, 5.41) is 10.1. The molecule has 0 bridgehead atoms. The number of pyridine rings is 1. The number of carboxylic acid groups (broad SMARTS) is 1. The smallest absolute Gasteiger partial charge is 0.337 e. The molecule has 6 nitrogen and oxygen atoms in total. The molecule has 1 aromatic carbocycles.